The summed E-state index contributed by atoms with van der Waals surface area (Å²) in [6.07, 6.45) is 10.7. The second-order valence-corrected chi connectivity index (χ2v) is 9.78. The average Bonchev–Trinajstić information content (AvgIpc) is 2.86. The van der Waals surface area contributed by atoms with E-state index in [1.807, 2.05) is 19.1 Å². The van der Waals surface area contributed by atoms with Crippen molar-refractivity contribution in [3.63, 3.8) is 0 Å². The molecule has 1 fully saturated rings. The molecule has 0 amide bonds. The largest absolute Gasteiger partial charge is 0.371 e. The molecule has 4 heteroatoms. The first-order valence-corrected chi connectivity index (χ1v) is 12.7. The van der Waals surface area contributed by atoms with Crippen molar-refractivity contribution in [2.45, 2.75) is 70.3 Å². The highest BCUT2D eigenvalue weighted by Gasteiger charge is 2.28. The number of benzene rings is 2. The van der Waals surface area contributed by atoms with Crippen LogP contribution in [0.25, 0.3) is 17.2 Å². The van der Waals surface area contributed by atoms with Crippen molar-refractivity contribution >= 4 is 6.08 Å². The minimum Gasteiger partial charge on any atom is -0.371 e. The zero-order valence-corrected chi connectivity index (χ0v) is 20.0. The Morgan fingerprint density at radius 3 is 2.26 bits per heavy atom. The predicted molar refractivity (Wildman–Crippen MR) is 133 cm³/mol. The number of hydrogen-bond donors (Lipinski definition) is 0. The molecular formula is C30H35F3O. The van der Waals surface area contributed by atoms with Crippen molar-refractivity contribution in [1.82, 2.24) is 0 Å². The lowest BCUT2D eigenvalue weighted by atomic mass is 9.75. The Labute approximate surface area is 201 Å². The van der Waals surface area contributed by atoms with E-state index in [0.717, 1.165) is 56.9 Å². The van der Waals surface area contributed by atoms with E-state index in [0.29, 0.717) is 29.2 Å². The van der Waals surface area contributed by atoms with Crippen LogP contribution in [0.15, 0.2) is 54.9 Å². The van der Waals surface area contributed by atoms with Gasteiger partial charge >= 0.3 is 0 Å². The van der Waals surface area contributed by atoms with Crippen LogP contribution in [0.2, 0.25) is 0 Å². The fraction of sp³-hybridized carbons (Fsp3) is 0.467. The Morgan fingerprint density at radius 2 is 1.62 bits per heavy atom. The molecule has 0 bridgehead atoms. The van der Waals surface area contributed by atoms with E-state index in [1.54, 1.807) is 36.4 Å². The van der Waals surface area contributed by atoms with Crippen LogP contribution in [0.5, 0.6) is 0 Å². The number of allylic oxidation sites excluding steroid dienone is 1. The molecule has 0 N–H and O–H groups in total. The maximum atomic E-state index is 15.0. The standard InChI is InChI=1S/C30H35F3O/c1-3-20-7-12-23(13-8-20)25-16-17-26(30(33)29(25)32)24-14-9-21(10-15-24)5-6-22-11-18-28(34-4-2)27(31)19-22/h3,7-8,12-13,16-17,19,21-22,24,28H,1,4-6,9-11,14-15,18H2,2H3. The maximum absolute atomic E-state index is 15.0. The second-order valence-electron chi connectivity index (χ2n) is 9.78. The summed E-state index contributed by atoms with van der Waals surface area (Å²) in [6.45, 7) is 6.16. The summed E-state index contributed by atoms with van der Waals surface area (Å²) < 4.78 is 49.6. The first kappa shape index (κ1) is 24.8. The van der Waals surface area contributed by atoms with Crippen LogP contribution in [0.1, 0.15) is 75.3 Å². The van der Waals surface area contributed by atoms with Gasteiger partial charge in [0.25, 0.3) is 0 Å². The molecule has 4 rings (SSSR count). The fourth-order valence-corrected chi connectivity index (χ4v) is 5.62. The summed E-state index contributed by atoms with van der Waals surface area (Å²) >= 11 is 0. The first-order chi connectivity index (χ1) is 16.5. The minimum absolute atomic E-state index is 0.0573. The average molecular weight is 469 g/mol. The summed E-state index contributed by atoms with van der Waals surface area (Å²) in [5.41, 5.74) is 2.40. The highest BCUT2D eigenvalue weighted by atomic mass is 19.2. The number of halogens is 3. The molecule has 0 aliphatic heterocycles. The van der Waals surface area contributed by atoms with Gasteiger partial charge in [0.15, 0.2) is 11.6 Å². The van der Waals surface area contributed by atoms with Crippen molar-refractivity contribution in [3.05, 3.63) is 77.6 Å². The topological polar surface area (TPSA) is 9.23 Å². The minimum atomic E-state index is -0.762. The van der Waals surface area contributed by atoms with Crippen LogP contribution in [0.3, 0.4) is 0 Å². The molecule has 0 radical (unpaired) electrons. The molecule has 2 unspecified atom stereocenters. The van der Waals surface area contributed by atoms with Crippen molar-refractivity contribution in [3.8, 4) is 11.1 Å². The zero-order valence-electron chi connectivity index (χ0n) is 20.0. The molecule has 34 heavy (non-hydrogen) atoms. The van der Waals surface area contributed by atoms with Crippen LogP contribution in [-0.4, -0.2) is 12.7 Å². The van der Waals surface area contributed by atoms with Gasteiger partial charge < -0.3 is 4.74 Å². The predicted octanol–water partition coefficient (Wildman–Crippen LogP) is 9.00. The Kier molecular flexibility index (Phi) is 8.31. The van der Waals surface area contributed by atoms with Crippen molar-refractivity contribution in [2.75, 3.05) is 6.61 Å². The fourth-order valence-electron chi connectivity index (χ4n) is 5.62. The Hall–Kier alpha value is -2.33. The number of ether oxygens (including phenoxy) is 1. The van der Waals surface area contributed by atoms with E-state index < -0.39 is 11.6 Å². The molecular weight excluding hydrogens is 433 g/mol. The lowest BCUT2D eigenvalue weighted by Crippen LogP contribution is -2.21. The molecule has 182 valence electrons. The molecule has 2 atom stereocenters. The van der Waals surface area contributed by atoms with E-state index in [-0.39, 0.29) is 23.8 Å². The van der Waals surface area contributed by atoms with Crippen molar-refractivity contribution in [2.24, 2.45) is 11.8 Å². The molecule has 0 spiro atoms. The third-order valence-corrected chi connectivity index (χ3v) is 7.67. The van der Waals surface area contributed by atoms with Crippen molar-refractivity contribution in [1.29, 1.82) is 0 Å². The molecule has 1 saturated carbocycles. The van der Waals surface area contributed by atoms with Gasteiger partial charge in [0, 0.05) is 12.2 Å². The molecule has 0 heterocycles. The summed E-state index contributed by atoms with van der Waals surface area (Å²) in [6, 6.07) is 10.8. The molecule has 2 aromatic carbocycles. The molecule has 2 aromatic rings. The van der Waals surface area contributed by atoms with Gasteiger partial charge in [-0.25, -0.2) is 13.2 Å². The van der Waals surface area contributed by atoms with Crippen LogP contribution < -0.4 is 0 Å². The quantitative estimate of drug-likeness (QED) is 0.376. The van der Waals surface area contributed by atoms with Gasteiger partial charge in [-0.05, 0) is 98.8 Å². The SMILES string of the molecule is C=Cc1ccc(-c2ccc(C3CCC(CCC4C=C(F)C(OCC)CC4)CC3)c(F)c2F)cc1. The number of rotatable bonds is 8. The highest BCUT2D eigenvalue weighted by Crippen LogP contribution is 2.41. The Balaban J connectivity index is 1.32. The molecule has 2 aliphatic rings. The van der Waals surface area contributed by atoms with Crippen LogP contribution in [0.4, 0.5) is 13.2 Å². The Morgan fingerprint density at radius 1 is 0.882 bits per heavy atom. The van der Waals surface area contributed by atoms with Crippen LogP contribution in [0, 0.1) is 23.5 Å². The number of hydrogen-bond acceptors (Lipinski definition) is 1. The van der Waals surface area contributed by atoms with E-state index in [4.69, 9.17) is 4.74 Å². The van der Waals surface area contributed by atoms with E-state index in [1.165, 1.54) is 0 Å². The molecule has 2 aliphatic carbocycles. The first-order valence-electron chi connectivity index (χ1n) is 12.7. The van der Waals surface area contributed by atoms with Crippen molar-refractivity contribution < 1.29 is 17.9 Å². The highest BCUT2D eigenvalue weighted by molar-refractivity contribution is 5.66. The maximum Gasteiger partial charge on any atom is 0.166 e. The summed E-state index contributed by atoms with van der Waals surface area (Å²) in [5.74, 6) is -0.661. The zero-order chi connectivity index (χ0) is 24.1. The van der Waals surface area contributed by atoms with Gasteiger partial charge in [-0.3, -0.25) is 0 Å². The normalized spacial score (nSPS) is 25.1. The lowest BCUT2D eigenvalue weighted by Gasteiger charge is -2.31. The molecule has 0 aromatic heterocycles. The summed E-state index contributed by atoms with van der Waals surface area (Å²) in [4.78, 5) is 0. The lowest BCUT2D eigenvalue weighted by molar-refractivity contribution is 0.0554. The van der Waals surface area contributed by atoms with E-state index in [2.05, 4.69) is 6.58 Å². The van der Waals surface area contributed by atoms with Gasteiger partial charge in [0.05, 0.1) is 0 Å². The Bertz CT molecular complexity index is 1000. The molecule has 0 saturated heterocycles. The third kappa shape index (κ3) is 5.66. The summed E-state index contributed by atoms with van der Waals surface area (Å²) in [5, 5.41) is 0. The van der Waals surface area contributed by atoms with Crippen LogP contribution in [-0.2, 0) is 4.74 Å². The van der Waals surface area contributed by atoms with Gasteiger partial charge in [0.2, 0.25) is 0 Å². The van der Waals surface area contributed by atoms with E-state index >= 15 is 4.39 Å². The smallest absolute Gasteiger partial charge is 0.166 e. The van der Waals surface area contributed by atoms with Gasteiger partial charge in [0.1, 0.15) is 11.9 Å². The van der Waals surface area contributed by atoms with Gasteiger partial charge in [-0.2, -0.15) is 0 Å². The van der Waals surface area contributed by atoms with E-state index in [9.17, 15) is 8.78 Å². The second kappa shape index (κ2) is 11.4. The van der Waals surface area contributed by atoms with Gasteiger partial charge in [-0.1, -0.05) is 49.1 Å². The monoisotopic (exact) mass is 468 g/mol. The van der Waals surface area contributed by atoms with Gasteiger partial charge in [-0.15, -0.1) is 0 Å². The molecule has 1 nitrogen and oxygen atoms in total. The summed E-state index contributed by atoms with van der Waals surface area (Å²) in [7, 11) is 0. The third-order valence-electron chi connectivity index (χ3n) is 7.67. The van der Waals surface area contributed by atoms with Crippen LogP contribution >= 0.6 is 0 Å².